The molecule has 1 aliphatic rings. The lowest BCUT2D eigenvalue weighted by atomic mass is 9.89. The van der Waals surface area contributed by atoms with E-state index in [4.69, 9.17) is 23.2 Å². The second-order valence-electron chi connectivity index (χ2n) is 6.63. The summed E-state index contributed by atoms with van der Waals surface area (Å²) in [4.78, 5) is 12.4. The first-order chi connectivity index (χ1) is 12.8. The van der Waals surface area contributed by atoms with Gasteiger partial charge in [0.25, 0.3) is 5.91 Å². The number of nitrogens with zero attached hydrogens (tertiary/aromatic N) is 2. The average Bonchev–Trinajstić information content (AvgIpc) is 3.08. The number of nitrogens with one attached hydrogen (secondary N) is 1. The molecule has 1 N–H and O–H groups in total. The van der Waals surface area contributed by atoms with Crippen molar-refractivity contribution in [3.05, 3.63) is 45.7 Å². The van der Waals surface area contributed by atoms with Crippen LogP contribution in [-0.4, -0.2) is 22.2 Å². The van der Waals surface area contributed by atoms with Crippen molar-refractivity contribution >= 4 is 29.1 Å². The van der Waals surface area contributed by atoms with Gasteiger partial charge in [-0.3, -0.25) is 4.79 Å². The number of carbonyl (C=O) groups is 1. The molecule has 1 aromatic heterocycles. The van der Waals surface area contributed by atoms with Crippen LogP contribution < -0.4 is 5.32 Å². The van der Waals surface area contributed by atoms with Gasteiger partial charge in [-0.05, 0) is 37.0 Å². The monoisotopic (exact) mass is 419 g/mol. The summed E-state index contributed by atoms with van der Waals surface area (Å²) in [5.41, 5.74) is -1.75. The van der Waals surface area contributed by atoms with Crippen molar-refractivity contribution in [3.63, 3.8) is 0 Å². The van der Waals surface area contributed by atoms with Gasteiger partial charge >= 0.3 is 6.18 Å². The maximum Gasteiger partial charge on any atom is 0.434 e. The summed E-state index contributed by atoms with van der Waals surface area (Å²) in [5, 5.41) is 6.64. The van der Waals surface area contributed by atoms with Crippen LogP contribution in [0.4, 0.5) is 13.2 Å². The zero-order chi connectivity index (χ0) is 19.6. The first-order valence-corrected chi connectivity index (χ1v) is 9.42. The van der Waals surface area contributed by atoms with E-state index in [0.717, 1.165) is 38.3 Å². The minimum atomic E-state index is -4.79. The van der Waals surface area contributed by atoms with Crippen molar-refractivity contribution in [1.29, 1.82) is 0 Å². The average molecular weight is 420 g/mol. The van der Waals surface area contributed by atoms with E-state index in [1.165, 1.54) is 18.2 Å². The van der Waals surface area contributed by atoms with Gasteiger partial charge in [-0.15, -0.1) is 0 Å². The van der Waals surface area contributed by atoms with Gasteiger partial charge < -0.3 is 5.32 Å². The highest BCUT2D eigenvalue weighted by Crippen LogP contribution is 2.36. The number of rotatable bonds is 4. The maximum atomic E-state index is 13.7. The van der Waals surface area contributed by atoms with Crippen molar-refractivity contribution in [3.8, 4) is 5.69 Å². The summed E-state index contributed by atoms with van der Waals surface area (Å²) in [6.07, 6.45) is 1.40. The molecule has 0 saturated heterocycles. The lowest BCUT2D eigenvalue weighted by molar-refractivity contribution is -0.143. The number of halogens is 5. The predicted molar refractivity (Wildman–Crippen MR) is 97.5 cm³/mol. The summed E-state index contributed by atoms with van der Waals surface area (Å²) >= 11 is 11.9. The van der Waals surface area contributed by atoms with Crippen LogP contribution in [0.3, 0.4) is 0 Å². The Labute approximate surface area is 164 Å². The molecule has 0 aliphatic heterocycles. The van der Waals surface area contributed by atoms with E-state index in [9.17, 15) is 18.0 Å². The summed E-state index contributed by atoms with van der Waals surface area (Å²) in [5.74, 6) is -0.494. The van der Waals surface area contributed by atoms with E-state index >= 15 is 0 Å². The van der Waals surface area contributed by atoms with E-state index in [0.29, 0.717) is 17.1 Å². The highest BCUT2D eigenvalue weighted by Gasteiger charge is 2.41. The Morgan fingerprint density at radius 1 is 1.22 bits per heavy atom. The van der Waals surface area contributed by atoms with Gasteiger partial charge in [0.05, 0.1) is 22.5 Å². The molecule has 1 amide bonds. The van der Waals surface area contributed by atoms with Crippen LogP contribution in [-0.2, 0) is 6.18 Å². The Kier molecular flexibility index (Phi) is 6.01. The van der Waals surface area contributed by atoms with Crippen LogP contribution in [0.15, 0.2) is 24.4 Å². The third kappa shape index (κ3) is 4.58. The van der Waals surface area contributed by atoms with Crippen molar-refractivity contribution in [2.24, 2.45) is 5.92 Å². The van der Waals surface area contributed by atoms with Gasteiger partial charge in [-0.25, -0.2) is 4.68 Å². The number of hydrogen-bond acceptors (Lipinski definition) is 2. The molecule has 0 atom stereocenters. The Hall–Kier alpha value is -1.73. The fraction of sp³-hybridized carbons (Fsp3) is 0.444. The SMILES string of the molecule is O=C(NCC1CCCCC1)c1cnn(-c2cc(Cl)ccc2Cl)c1C(F)(F)F. The number of hydrogen-bond donors (Lipinski definition) is 1. The van der Waals surface area contributed by atoms with Crippen molar-refractivity contribution in [2.75, 3.05) is 6.54 Å². The smallest absolute Gasteiger partial charge is 0.352 e. The topological polar surface area (TPSA) is 46.9 Å². The molecule has 1 fully saturated rings. The quantitative estimate of drug-likeness (QED) is 0.709. The Balaban J connectivity index is 1.90. The molecule has 1 aliphatic carbocycles. The molecule has 2 aromatic rings. The molecule has 9 heteroatoms. The minimum Gasteiger partial charge on any atom is -0.352 e. The van der Waals surface area contributed by atoms with Gasteiger partial charge in [0, 0.05) is 11.6 Å². The Bertz CT molecular complexity index is 830. The summed E-state index contributed by atoms with van der Waals surface area (Å²) in [6, 6.07) is 4.11. The van der Waals surface area contributed by atoms with Gasteiger partial charge in [0.15, 0.2) is 5.69 Å². The summed E-state index contributed by atoms with van der Waals surface area (Å²) < 4.78 is 41.7. The molecule has 0 bridgehead atoms. The second kappa shape index (κ2) is 8.10. The van der Waals surface area contributed by atoms with Gasteiger partial charge in [-0.1, -0.05) is 42.5 Å². The standard InChI is InChI=1S/C18H18Cl2F3N3O/c19-12-6-7-14(20)15(8-12)26-16(18(21,22)23)13(10-25-26)17(27)24-9-11-4-2-1-3-5-11/h6-8,10-11H,1-5,9H2,(H,24,27). The van der Waals surface area contributed by atoms with Crippen molar-refractivity contribution in [1.82, 2.24) is 15.1 Å². The van der Waals surface area contributed by atoms with E-state index in [2.05, 4.69) is 10.4 Å². The van der Waals surface area contributed by atoms with Crippen LogP contribution >= 0.6 is 23.2 Å². The second-order valence-corrected chi connectivity index (χ2v) is 7.47. The predicted octanol–water partition coefficient (Wildman–Crippen LogP) is 5.51. The van der Waals surface area contributed by atoms with Crippen LogP contribution in [0, 0.1) is 5.92 Å². The molecular formula is C18H18Cl2F3N3O. The number of aromatic nitrogens is 2. The van der Waals surface area contributed by atoms with E-state index in [-0.39, 0.29) is 15.7 Å². The third-order valence-corrected chi connectivity index (χ3v) is 5.25. The number of alkyl halides is 3. The van der Waals surface area contributed by atoms with E-state index in [1.54, 1.807) is 0 Å². The third-order valence-electron chi connectivity index (χ3n) is 4.69. The number of benzene rings is 1. The minimum absolute atomic E-state index is 0.0391. The molecule has 27 heavy (non-hydrogen) atoms. The molecule has 0 unspecified atom stereocenters. The molecule has 3 rings (SSSR count). The van der Waals surface area contributed by atoms with Crippen LogP contribution in [0.25, 0.3) is 5.69 Å². The fourth-order valence-electron chi connectivity index (χ4n) is 3.34. The van der Waals surface area contributed by atoms with Gasteiger partial charge in [0.1, 0.15) is 0 Å². The Morgan fingerprint density at radius 3 is 2.59 bits per heavy atom. The highest BCUT2D eigenvalue weighted by atomic mass is 35.5. The summed E-state index contributed by atoms with van der Waals surface area (Å²) in [7, 11) is 0. The zero-order valence-electron chi connectivity index (χ0n) is 14.3. The summed E-state index contributed by atoms with van der Waals surface area (Å²) in [6.45, 7) is 0.360. The number of carbonyl (C=O) groups excluding carboxylic acids is 1. The zero-order valence-corrected chi connectivity index (χ0v) is 15.8. The van der Waals surface area contributed by atoms with Crippen molar-refractivity contribution < 1.29 is 18.0 Å². The lowest BCUT2D eigenvalue weighted by Crippen LogP contribution is -2.31. The lowest BCUT2D eigenvalue weighted by Gasteiger charge is -2.21. The van der Waals surface area contributed by atoms with Crippen LogP contribution in [0.5, 0.6) is 0 Å². The molecular weight excluding hydrogens is 402 g/mol. The Morgan fingerprint density at radius 2 is 1.93 bits per heavy atom. The first-order valence-electron chi connectivity index (χ1n) is 8.66. The van der Waals surface area contributed by atoms with Crippen LogP contribution in [0.2, 0.25) is 10.0 Å². The maximum absolute atomic E-state index is 13.7. The molecule has 0 radical (unpaired) electrons. The molecule has 1 heterocycles. The van der Waals surface area contributed by atoms with Crippen LogP contribution in [0.1, 0.15) is 48.2 Å². The molecule has 146 valence electrons. The van der Waals surface area contributed by atoms with Crippen molar-refractivity contribution in [2.45, 2.75) is 38.3 Å². The normalized spacial score (nSPS) is 15.7. The van der Waals surface area contributed by atoms with E-state index < -0.39 is 23.3 Å². The first kappa shape index (κ1) is 20.0. The molecule has 1 aromatic carbocycles. The highest BCUT2D eigenvalue weighted by molar-refractivity contribution is 6.34. The fourth-order valence-corrected chi connectivity index (χ4v) is 3.71. The molecule has 0 spiro atoms. The van der Waals surface area contributed by atoms with E-state index in [1.807, 2.05) is 0 Å². The number of amides is 1. The molecule has 4 nitrogen and oxygen atoms in total. The van der Waals surface area contributed by atoms with Gasteiger partial charge in [-0.2, -0.15) is 18.3 Å². The largest absolute Gasteiger partial charge is 0.434 e. The van der Waals surface area contributed by atoms with Gasteiger partial charge in [0.2, 0.25) is 0 Å². The molecule has 1 saturated carbocycles.